The smallest absolute Gasteiger partial charge is 0.129 e. The predicted molar refractivity (Wildman–Crippen MR) is 83.8 cm³/mol. The summed E-state index contributed by atoms with van der Waals surface area (Å²) in [4.78, 5) is 4.57. The SMILES string of the molecule is CC(C)n1c(CNc2ccccc2)nc2cc(F)ccc21. The first-order valence-electron chi connectivity index (χ1n) is 7.10. The van der Waals surface area contributed by atoms with Crippen molar-refractivity contribution in [3.8, 4) is 0 Å². The van der Waals surface area contributed by atoms with Gasteiger partial charge in [0, 0.05) is 17.8 Å². The van der Waals surface area contributed by atoms with Crippen molar-refractivity contribution in [3.05, 3.63) is 60.2 Å². The van der Waals surface area contributed by atoms with Crippen LogP contribution in [0.5, 0.6) is 0 Å². The fourth-order valence-corrected chi connectivity index (χ4v) is 2.56. The number of halogens is 1. The molecule has 0 atom stereocenters. The zero-order valence-electron chi connectivity index (χ0n) is 12.2. The van der Waals surface area contributed by atoms with E-state index in [0.717, 1.165) is 17.0 Å². The minimum absolute atomic E-state index is 0.251. The summed E-state index contributed by atoms with van der Waals surface area (Å²) in [6.07, 6.45) is 0. The van der Waals surface area contributed by atoms with Crippen molar-refractivity contribution >= 4 is 16.7 Å². The highest BCUT2D eigenvalue weighted by molar-refractivity contribution is 5.76. The summed E-state index contributed by atoms with van der Waals surface area (Å²) in [5, 5.41) is 3.35. The van der Waals surface area contributed by atoms with E-state index in [1.807, 2.05) is 30.3 Å². The second-order valence-corrected chi connectivity index (χ2v) is 5.34. The second kappa shape index (κ2) is 5.56. The molecule has 0 bridgehead atoms. The molecule has 3 rings (SSSR count). The van der Waals surface area contributed by atoms with Crippen LogP contribution in [0.3, 0.4) is 0 Å². The zero-order chi connectivity index (χ0) is 14.8. The van der Waals surface area contributed by atoms with Gasteiger partial charge in [0.25, 0.3) is 0 Å². The van der Waals surface area contributed by atoms with Gasteiger partial charge in [-0.25, -0.2) is 9.37 Å². The molecule has 0 saturated carbocycles. The van der Waals surface area contributed by atoms with Crippen molar-refractivity contribution in [2.75, 3.05) is 5.32 Å². The highest BCUT2D eigenvalue weighted by Gasteiger charge is 2.13. The Bertz CT molecular complexity index is 747. The molecule has 0 fully saturated rings. The lowest BCUT2D eigenvalue weighted by Crippen LogP contribution is -2.10. The molecule has 0 saturated heterocycles. The Morgan fingerprint density at radius 2 is 1.90 bits per heavy atom. The number of para-hydroxylation sites is 1. The van der Waals surface area contributed by atoms with Crippen LogP contribution in [-0.2, 0) is 6.54 Å². The zero-order valence-corrected chi connectivity index (χ0v) is 12.2. The van der Waals surface area contributed by atoms with E-state index in [-0.39, 0.29) is 11.9 Å². The summed E-state index contributed by atoms with van der Waals surface area (Å²) in [5.74, 6) is 0.660. The van der Waals surface area contributed by atoms with Gasteiger partial charge in [-0.15, -0.1) is 0 Å². The Labute approximate surface area is 123 Å². The molecule has 0 unspecified atom stereocenters. The summed E-state index contributed by atoms with van der Waals surface area (Å²) >= 11 is 0. The third-order valence-electron chi connectivity index (χ3n) is 3.47. The number of imidazole rings is 1. The quantitative estimate of drug-likeness (QED) is 0.770. The average molecular weight is 283 g/mol. The number of nitrogens with one attached hydrogen (secondary N) is 1. The first-order valence-corrected chi connectivity index (χ1v) is 7.10. The third-order valence-corrected chi connectivity index (χ3v) is 3.47. The van der Waals surface area contributed by atoms with Crippen LogP contribution in [-0.4, -0.2) is 9.55 Å². The summed E-state index contributed by atoms with van der Waals surface area (Å²) in [5.41, 5.74) is 2.72. The van der Waals surface area contributed by atoms with Gasteiger partial charge in [0.2, 0.25) is 0 Å². The number of rotatable bonds is 4. The molecule has 0 aliphatic carbocycles. The number of benzene rings is 2. The van der Waals surface area contributed by atoms with Crippen LogP contribution in [0.1, 0.15) is 25.7 Å². The van der Waals surface area contributed by atoms with Gasteiger partial charge in [0.05, 0.1) is 17.6 Å². The standard InChI is InChI=1S/C17H18FN3/c1-12(2)21-16-9-8-13(18)10-15(16)20-17(21)11-19-14-6-4-3-5-7-14/h3-10,12,19H,11H2,1-2H3. The van der Waals surface area contributed by atoms with Gasteiger partial charge in [-0.1, -0.05) is 18.2 Å². The van der Waals surface area contributed by atoms with Crippen molar-refractivity contribution in [2.24, 2.45) is 0 Å². The molecule has 0 radical (unpaired) electrons. The number of hydrogen-bond donors (Lipinski definition) is 1. The lowest BCUT2D eigenvalue weighted by Gasteiger charge is -2.14. The van der Waals surface area contributed by atoms with E-state index in [1.54, 1.807) is 6.07 Å². The van der Waals surface area contributed by atoms with Gasteiger partial charge in [0.1, 0.15) is 11.6 Å². The van der Waals surface area contributed by atoms with E-state index in [4.69, 9.17) is 0 Å². The Hall–Kier alpha value is -2.36. The van der Waals surface area contributed by atoms with Crippen molar-refractivity contribution in [2.45, 2.75) is 26.4 Å². The van der Waals surface area contributed by atoms with Crippen LogP contribution in [0.25, 0.3) is 11.0 Å². The Kier molecular flexibility index (Phi) is 3.60. The normalized spacial score (nSPS) is 11.2. The number of aromatic nitrogens is 2. The molecular formula is C17H18FN3. The van der Waals surface area contributed by atoms with Crippen LogP contribution in [0.2, 0.25) is 0 Å². The van der Waals surface area contributed by atoms with Crippen LogP contribution in [0, 0.1) is 5.82 Å². The van der Waals surface area contributed by atoms with E-state index in [9.17, 15) is 4.39 Å². The lowest BCUT2D eigenvalue weighted by molar-refractivity contribution is 0.589. The number of nitrogens with zero attached hydrogens (tertiary/aromatic N) is 2. The first kappa shape index (κ1) is 13.6. The van der Waals surface area contributed by atoms with E-state index in [1.165, 1.54) is 12.1 Å². The molecule has 0 aliphatic rings. The van der Waals surface area contributed by atoms with Gasteiger partial charge in [-0.3, -0.25) is 0 Å². The molecule has 1 aromatic heterocycles. The molecule has 3 aromatic rings. The highest BCUT2D eigenvalue weighted by Crippen LogP contribution is 2.22. The van der Waals surface area contributed by atoms with Gasteiger partial charge in [0.15, 0.2) is 0 Å². The van der Waals surface area contributed by atoms with Crippen molar-refractivity contribution in [3.63, 3.8) is 0 Å². The van der Waals surface area contributed by atoms with E-state index < -0.39 is 0 Å². The van der Waals surface area contributed by atoms with Gasteiger partial charge >= 0.3 is 0 Å². The Morgan fingerprint density at radius 3 is 2.62 bits per heavy atom. The first-order chi connectivity index (χ1) is 10.1. The number of fused-ring (bicyclic) bond motifs is 1. The molecule has 0 spiro atoms. The highest BCUT2D eigenvalue weighted by atomic mass is 19.1. The summed E-state index contributed by atoms with van der Waals surface area (Å²) in [7, 11) is 0. The van der Waals surface area contributed by atoms with Crippen molar-refractivity contribution < 1.29 is 4.39 Å². The topological polar surface area (TPSA) is 29.9 Å². The average Bonchev–Trinajstić information content (AvgIpc) is 2.83. The molecule has 0 aliphatic heterocycles. The minimum Gasteiger partial charge on any atom is -0.378 e. The lowest BCUT2D eigenvalue weighted by atomic mass is 10.3. The van der Waals surface area contributed by atoms with Crippen molar-refractivity contribution in [1.82, 2.24) is 9.55 Å². The van der Waals surface area contributed by atoms with Crippen LogP contribution in [0.4, 0.5) is 10.1 Å². The maximum Gasteiger partial charge on any atom is 0.129 e. The molecule has 21 heavy (non-hydrogen) atoms. The van der Waals surface area contributed by atoms with Gasteiger partial charge in [-0.2, -0.15) is 0 Å². The predicted octanol–water partition coefficient (Wildman–Crippen LogP) is 4.37. The molecule has 108 valence electrons. The molecule has 3 nitrogen and oxygen atoms in total. The largest absolute Gasteiger partial charge is 0.378 e. The molecule has 0 amide bonds. The monoisotopic (exact) mass is 283 g/mol. The maximum absolute atomic E-state index is 13.4. The Morgan fingerprint density at radius 1 is 1.14 bits per heavy atom. The minimum atomic E-state index is -0.251. The maximum atomic E-state index is 13.4. The van der Waals surface area contributed by atoms with E-state index >= 15 is 0 Å². The molecule has 2 aromatic carbocycles. The summed E-state index contributed by atoms with van der Waals surface area (Å²) in [6, 6.07) is 15.0. The fraction of sp³-hybridized carbons (Fsp3) is 0.235. The van der Waals surface area contributed by atoms with Gasteiger partial charge < -0.3 is 9.88 Å². The van der Waals surface area contributed by atoms with Crippen LogP contribution >= 0.6 is 0 Å². The van der Waals surface area contributed by atoms with Crippen LogP contribution < -0.4 is 5.32 Å². The second-order valence-electron chi connectivity index (χ2n) is 5.34. The molecular weight excluding hydrogens is 265 g/mol. The van der Waals surface area contributed by atoms with Crippen molar-refractivity contribution in [1.29, 1.82) is 0 Å². The Balaban J connectivity index is 1.95. The fourth-order valence-electron chi connectivity index (χ4n) is 2.56. The molecule has 1 N–H and O–H groups in total. The summed E-state index contributed by atoms with van der Waals surface area (Å²) in [6.45, 7) is 4.82. The number of hydrogen-bond acceptors (Lipinski definition) is 2. The van der Waals surface area contributed by atoms with Gasteiger partial charge in [-0.05, 0) is 38.1 Å². The molecule has 4 heteroatoms. The van der Waals surface area contributed by atoms with Crippen LogP contribution in [0.15, 0.2) is 48.5 Å². The van der Waals surface area contributed by atoms with E-state index in [0.29, 0.717) is 12.1 Å². The number of anilines is 1. The summed E-state index contributed by atoms with van der Waals surface area (Å²) < 4.78 is 15.5. The molecule has 1 heterocycles. The third kappa shape index (κ3) is 2.75. The van der Waals surface area contributed by atoms with E-state index in [2.05, 4.69) is 28.7 Å².